The number of alkyl halides is 3. The van der Waals surface area contributed by atoms with E-state index in [0.29, 0.717) is 17.4 Å². The number of nitrogens with zero attached hydrogens (tertiary/aromatic N) is 1. The average molecular weight is 240 g/mol. The molecular weight excluding hydrogens is 229 g/mol. The molecule has 0 amide bonds. The van der Waals surface area contributed by atoms with Crippen molar-refractivity contribution in [1.82, 2.24) is 9.88 Å². The molecule has 0 saturated carbocycles. The summed E-state index contributed by atoms with van der Waals surface area (Å²) in [5.41, 5.74) is 1.05. The van der Waals surface area contributed by atoms with Crippen LogP contribution in [0.5, 0.6) is 0 Å². The fraction of sp³-hybridized carbons (Fsp3) is 0.333. The average Bonchev–Trinajstić information content (AvgIpc) is 2.65. The minimum atomic E-state index is -4.29. The first-order chi connectivity index (χ1) is 8.07. The Bertz CT molecular complexity index is 569. The molecule has 5 heteroatoms. The summed E-state index contributed by atoms with van der Waals surface area (Å²) in [5, 5.41) is 3.46. The van der Waals surface area contributed by atoms with Gasteiger partial charge in [-0.1, -0.05) is 6.07 Å². The van der Waals surface area contributed by atoms with Crippen LogP contribution in [-0.2, 0) is 19.3 Å². The summed E-state index contributed by atoms with van der Waals surface area (Å²) < 4.78 is 40.5. The fourth-order valence-corrected chi connectivity index (χ4v) is 2.40. The molecule has 0 atom stereocenters. The molecule has 0 bridgehead atoms. The molecule has 0 fully saturated rings. The summed E-state index contributed by atoms with van der Waals surface area (Å²) in [6, 6.07) is 6.01. The summed E-state index contributed by atoms with van der Waals surface area (Å²) in [7, 11) is 0. The molecule has 0 spiro atoms. The second-order valence-electron chi connectivity index (χ2n) is 4.20. The third kappa shape index (κ3) is 1.61. The first-order valence-electron chi connectivity index (χ1n) is 5.46. The molecule has 0 saturated heterocycles. The molecule has 17 heavy (non-hydrogen) atoms. The minimum Gasteiger partial charge on any atom is -0.342 e. The van der Waals surface area contributed by atoms with Gasteiger partial charge in [-0.25, -0.2) is 0 Å². The van der Waals surface area contributed by atoms with Crippen molar-refractivity contribution in [2.24, 2.45) is 0 Å². The Hall–Kier alpha value is -1.49. The van der Waals surface area contributed by atoms with E-state index in [2.05, 4.69) is 5.32 Å². The zero-order valence-corrected chi connectivity index (χ0v) is 9.01. The van der Waals surface area contributed by atoms with Gasteiger partial charge < -0.3 is 9.88 Å². The summed E-state index contributed by atoms with van der Waals surface area (Å²) in [5.74, 6) is 0. The normalized spacial score (nSPS) is 16.2. The SMILES string of the molecule is FC(F)(F)c1cccc2c1cc1n2CCNC1. The van der Waals surface area contributed by atoms with E-state index in [1.54, 1.807) is 12.1 Å². The number of nitrogens with one attached hydrogen (secondary N) is 1. The van der Waals surface area contributed by atoms with Crippen molar-refractivity contribution < 1.29 is 13.2 Å². The van der Waals surface area contributed by atoms with Gasteiger partial charge in [0.05, 0.1) is 5.56 Å². The highest BCUT2D eigenvalue weighted by Gasteiger charge is 2.33. The molecule has 0 aliphatic carbocycles. The van der Waals surface area contributed by atoms with Crippen LogP contribution >= 0.6 is 0 Å². The first-order valence-corrected chi connectivity index (χ1v) is 5.46. The Morgan fingerprint density at radius 1 is 1.24 bits per heavy atom. The molecule has 1 aliphatic rings. The standard InChI is InChI=1S/C12H11F3N2/c13-12(14,15)10-2-1-3-11-9(10)6-8-7-16-4-5-17(8)11/h1-3,6,16H,4-5,7H2. The Labute approximate surface area is 96.0 Å². The third-order valence-electron chi connectivity index (χ3n) is 3.16. The van der Waals surface area contributed by atoms with E-state index in [9.17, 15) is 13.2 Å². The fourth-order valence-electron chi connectivity index (χ4n) is 2.40. The molecule has 1 aromatic heterocycles. The van der Waals surface area contributed by atoms with Crippen molar-refractivity contribution in [2.45, 2.75) is 19.3 Å². The number of aromatic nitrogens is 1. The lowest BCUT2D eigenvalue weighted by atomic mass is 10.1. The molecular formula is C12H11F3N2. The lowest BCUT2D eigenvalue weighted by Crippen LogP contribution is -2.27. The Balaban J connectivity index is 2.30. The van der Waals surface area contributed by atoms with E-state index in [1.807, 2.05) is 4.57 Å². The zero-order valence-electron chi connectivity index (χ0n) is 9.01. The van der Waals surface area contributed by atoms with Crippen LogP contribution in [0.1, 0.15) is 11.3 Å². The van der Waals surface area contributed by atoms with Crippen molar-refractivity contribution >= 4 is 10.9 Å². The van der Waals surface area contributed by atoms with E-state index < -0.39 is 11.7 Å². The van der Waals surface area contributed by atoms with Crippen molar-refractivity contribution in [3.05, 3.63) is 35.5 Å². The lowest BCUT2D eigenvalue weighted by Gasteiger charge is -2.17. The molecule has 1 aliphatic heterocycles. The monoisotopic (exact) mass is 240 g/mol. The third-order valence-corrected chi connectivity index (χ3v) is 3.16. The van der Waals surface area contributed by atoms with E-state index in [-0.39, 0.29) is 0 Å². The quantitative estimate of drug-likeness (QED) is 0.749. The zero-order chi connectivity index (χ0) is 12.0. The smallest absolute Gasteiger partial charge is 0.342 e. The van der Waals surface area contributed by atoms with Crippen LogP contribution in [0, 0.1) is 0 Å². The van der Waals surface area contributed by atoms with E-state index in [1.165, 1.54) is 6.07 Å². The van der Waals surface area contributed by atoms with Crippen LogP contribution in [0.25, 0.3) is 10.9 Å². The van der Waals surface area contributed by atoms with Crippen molar-refractivity contribution in [3.8, 4) is 0 Å². The minimum absolute atomic E-state index is 0.304. The molecule has 1 N–H and O–H groups in total. The number of rotatable bonds is 0. The van der Waals surface area contributed by atoms with Gasteiger partial charge in [0.2, 0.25) is 0 Å². The predicted octanol–water partition coefficient (Wildman–Crippen LogP) is 2.76. The number of fused-ring (bicyclic) bond motifs is 3. The maximum absolute atomic E-state index is 12.9. The van der Waals surface area contributed by atoms with Gasteiger partial charge in [-0.15, -0.1) is 0 Å². The molecule has 0 unspecified atom stereocenters. The molecule has 2 heterocycles. The summed E-state index contributed by atoms with van der Waals surface area (Å²) in [6.07, 6.45) is -4.29. The summed E-state index contributed by atoms with van der Waals surface area (Å²) >= 11 is 0. The maximum atomic E-state index is 12.9. The van der Waals surface area contributed by atoms with Gasteiger partial charge in [-0.2, -0.15) is 13.2 Å². The van der Waals surface area contributed by atoms with Gasteiger partial charge >= 0.3 is 6.18 Å². The highest BCUT2D eigenvalue weighted by Crippen LogP contribution is 2.36. The second-order valence-corrected chi connectivity index (χ2v) is 4.20. The van der Waals surface area contributed by atoms with E-state index in [0.717, 1.165) is 24.8 Å². The van der Waals surface area contributed by atoms with Gasteiger partial charge in [0, 0.05) is 36.2 Å². The van der Waals surface area contributed by atoms with Crippen LogP contribution in [0.2, 0.25) is 0 Å². The summed E-state index contributed by atoms with van der Waals surface area (Å²) in [6.45, 7) is 2.15. The van der Waals surface area contributed by atoms with Crippen LogP contribution < -0.4 is 5.32 Å². The first kappa shape index (κ1) is 10.7. The molecule has 3 rings (SSSR count). The predicted molar refractivity (Wildman–Crippen MR) is 58.6 cm³/mol. The van der Waals surface area contributed by atoms with Gasteiger partial charge in [0.1, 0.15) is 0 Å². The topological polar surface area (TPSA) is 17.0 Å². The number of halogens is 3. The van der Waals surface area contributed by atoms with Crippen molar-refractivity contribution in [1.29, 1.82) is 0 Å². The number of benzene rings is 1. The van der Waals surface area contributed by atoms with Crippen molar-refractivity contribution in [3.63, 3.8) is 0 Å². The number of hydrogen-bond acceptors (Lipinski definition) is 1. The van der Waals surface area contributed by atoms with Gasteiger partial charge in [0.25, 0.3) is 0 Å². The van der Waals surface area contributed by atoms with Crippen molar-refractivity contribution in [2.75, 3.05) is 6.54 Å². The Morgan fingerprint density at radius 2 is 2.06 bits per heavy atom. The molecule has 0 radical (unpaired) electrons. The largest absolute Gasteiger partial charge is 0.417 e. The lowest BCUT2D eigenvalue weighted by molar-refractivity contribution is -0.136. The Morgan fingerprint density at radius 3 is 2.82 bits per heavy atom. The van der Waals surface area contributed by atoms with Crippen LogP contribution in [0.15, 0.2) is 24.3 Å². The summed E-state index contributed by atoms with van der Waals surface area (Å²) in [4.78, 5) is 0. The second kappa shape index (κ2) is 3.50. The van der Waals surface area contributed by atoms with Crippen LogP contribution in [-0.4, -0.2) is 11.1 Å². The van der Waals surface area contributed by atoms with Gasteiger partial charge in [-0.05, 0) is 18.2 Å². The molecule has 90 valence electrons. The molecule has 2 aromatic rings. The van der Waals surface area contributed by atoms with Gasteiger partial charge in [0.15, 0.2) is 0 Å². The molecule has 1 aromatic carbocycles. The maximum Gasteiger partial charge on any atom is 0.417 e. The molecule has 2 nitrogen and oxygen atoms in total. The van der Waals surface area contributed by atoms with E-state index >= 15 is 0 Å². The Kier molecular flexibility index (Phi) is 2.19. The highest BCUT2D eigenvalue weighted by atomic mass is 19.4. The van der Waals surface area contributed by atoms with Crippen LogP contribution in [0.4, 0.5) is 13.2 Å². The van der Waals surface area contributed by atoms with E-state index in [4.69, 9.17) is 0 Å². The van der Waals surface area contributed by atoms with Crippen LogP contribution in [0.3, 0.4) is 0 Å². The van der Waals surface area contributed by atoms with Gasteiger partial charge in [-0.3, -0.25) is 0 Å². The highest BCUT2D eigenvalue weighted by molar-refractivity contribution is 5.85. The number of hydrogen-bond donors (Lipinski definition) is 1.